The van der Waals surface area contributed by atoms with Crippen LogP contribution in [0.15, 0.2) is 0 Å². The van der Waals surface area contributed by atoms with E-state index in [0.29, 0.717) is 6.54 Å². The molecule has 0 rings (SSSR count). The first kappa shape index (κ1) is 12.8. The molecular formula is C7H18N2O3S. The van der Waals surface area contributed by atoms with Gasteiger partial charge in [-0.1, -0.05) is 13.8 Å². The third-order valence-electron chi connectivity index (χ3n) is 1.25. The fraction of sp³-hybridized carbons (Fsp3) is 1.00. The highest BCUT2D eigenvalue weighted by molar-refractivity contribution is 7.87. The van der Waals surface area contributed by atoms with Crippen molar-refractivity contribution in [1.29, 1.82) is 0 Å². The zero-order valence-electron chi connectivity index (χ0n) is 8.24. The van der Waals surface area contributed by atoms with Gasteiger partial charge in [0.1, 0.15) is 0 Å². The molecule has 1 atom stereocenters. The fourth-order valence-corrected chi connectivity index (χ4v) is 1.67. The van der Waals surface area contributed by atoms with Crippen LogP contribution >= 0.6 is 0 Å². The molecule has 0 aliphatic rings. The lowest BCUT2D eigenvalue weighted by atomic mass is 10.2. The molecule has 80 valence electrons. The Balaban J connectivity index is 3.81. The quantitative estimate of drug-likeness (QED) is 0.550. The van der Waals surface area contributed by atoms with Crippen LogP contribution < -0.4 is 9.44 Å². The van der Waals surface area contributed by atoms with Gasteiger partial charge in [-0.15, -0.1) is 0 Å². The Morgan fingerprint density at radius 2 is 1.62 bits per heavy atom. The average molecular weight is 210 g/mol. The molecule has 13 heavy (non-hydrogen) atoms. The molecule has 0 fully saturated rings. The first-order chi connectivity index (χ1) is 5.83. The topological polar surface area (TPSA) is 78.4 Å². The van der Waals surface area contributed by atoms with Crippen molar-refractivity contribution >= 4 is 10.2 Å². The molecule has 0 spiro atoms. The highest BCUT2D eigenvalue weighted by Gasteiger charge is 2.09. The van der Waals surface area contributed by atoms with Crippen molar-refractivity contribution in [1.82, 2.24) is 9.44 Å². The summed E-state index contributed by atoms with van der Waals surface area (Å²) in [5, 5.41) is 8.84. The van der Waals surface area contributed by atoms with Gasteiger partial charge >= 0.3 is 0 Å². The molecular weight excluding hydrogens is 192 g/mol. The van der Waals surface area contributed by atoms with Crippen molar-refractivity contribution < 1.29 is 13.5 Å². The Bertz CT molecular complexity index is 206. The Kier molecular flexibility index (Phi) is 5.46. The van der Waals surface area contributed by atoms with Gasteiger partial charge in [0.2, 0.25) is 0 Å². The van der Waals surface area contributed by atoms with Crippen LogP contribution in [0, 0.1) is 5.92 Å². The van der Waals surface area contributed by atoms with Crippen molar-refractivity contribution in [2.24, 2.45) is 5.92 Å². The van der Waals surface area contributed by atoms with Crippen LogP contribution in [0.1, 0.15) is 20.8 Å². The van der Waals surface area contributed by atoms with Crippen LogP contribution in [0.4, 0.5) is 0 Å². The number of hydrogen-bond acceptors (Lipinski definition) is 3. The van der Waals surface area contributed by atoms with E-state index in [0.717, 1.165) is 0 Å². The van der Waals surface area contributed by atoms with Crippen molar-refractivity contribution in [3.05, 3.63) is 0 Å². The van der Waals surface area contributed by atoms with E-state index in [1.54, 1.807) is 0 Å². The van der Waals surface area contributed by atoms with Gasteiger partial charge in [-0.3, -0.25) is 0 Å². The summed E-state index contributed by atoms with van der Waals surface area (Å²) < 4.78 is 26.8. The minimum atomic E-state index is -3.43. The van der Waals surface area contributed by atoms with E-state index in [-0.39, 0.29) is 12.5 Å². The van der Waals surface area contributed by atoms with E-state index in [2.05, 4.69) is 9.44 Å². The number of aliphatic hydroxyl groups excluding tert-OH is 1. The summed E-state index contributed by atoms with van der Waals surface area (Å²) in [6.07, 6.45) is -0.671. The van der Waals surface area contributed by atoms with Gasteiger partial charge in [-0.25, -0.2) is 4.72 Å². The van der Waals surface area contributed by atoms with Gasteiger partial charge in [0.25, 0.3) is 10.2 Å². The Labute approximate surface area is 79.7 Å². The summed E-state index contributed by atoms with van der Waals surface area (Å²) in [6, 6.07) is 0. The van der Waals surface area contributed by atoms with Crippen molar-refractivity contribution in [2.45, 2.75) is 26.9 Å². The van der Waals surface area contributed by atoms with Crippen molar-refractivity contribution in [2.75, 3.05) is 13.1 Å². The molecule has 0 amide bonds. The van der Waals surface area contributed by atoms with E-state index >= 15 is 0 Å². The molecule has 0 aromatic rings. The molecule has 0 aromatic carbocycles. The molecule has 0 saturated heterocycles. The highest BCUT2D eigenvalue weighted by atomic mass is 32.2. The second-order valence-corrected chi connectivity index (χ2v) is 5.03. The summed E-state index contributed by atoms with van der Waals surface area (Å²) in [5.74, 6) is 0.267. The van der Waals surface area contributed by atoms with Gasteiger partial charge in [0.05, 0.1) is 6.10 Å². The molecule has 0 radical (unpaired) electrons. The maximum atomic E-state index is 11.1. The summed E-state index contributed by atoms with van der Waals surface area (Å²) in [4.78, 5) is 0. The summed E-state index contributed by atoms with van der Waals surface area (Å²) in [6.45, 7) is 5.78. The monoisotopic (exact) mass is 210 g/mol. The van der Waals surface area contributed by atoms with Gasteiger partial charge in [-0.05, 0) is 12.8 Å². The van der Waals surface area contributed by atoms with Crippen LogP contribution in [0.2, 0.25) is 0 Å². The number of rotatable bonds is 6. The minimum absolute atomic E-state index is 0.0351. The maximum absolute atomic E-state index is 11.1. The maximum Gasteiger partial charge on any atom is 0.277 e. The summed E-state index contributed by atoms with van der Waals surface area (Å²) >= 11 is 0. The van der Waals surface area contributed by atoms with Crippen LogP contribution in [0.3, 0.4) is 0 Å². The molecule has 3 N–H and O–H groups in total. The number of nitrogens with one attached hydrogen (secondary N) is 2. The van der Waals surface area contributed by atoms with Crippen LogP contribution in [0.5, 0.6) is 0 Å². The van der Waals surface area contributed by atoms with Crippen molar-refractivity contribution in [3.8, 4) is 0 Å². The molecule has 0 heterocycles. The van der Waals surface area contributed by atoms with E-state index in [9.17, 15) is 8.42 Å². The lowest BCUT2D eigenvalue weighted by Gasteiger charge is -2.10. The summed E-state index contributed by atoms with van der Waals surface area (Å²) in [5.41, 5.74) is 0. The molecule has 0 aliphatic carbocycles. The van der Waals surface area contributed by atoms with Gasteiger partial charge in [-0.2, -0.15) is 13.1 Å². The van der Waals surface area contributed by atoms with E-state index in [4.69, 9.17) is 5.11 Å². The second-order valence-electron chi connectivity index (χ2n) is 3.44. The van der Waals surface area contributed by atoms with Gasteiger partial charge < -0.3 is 5.11 Å². The standard InChI is InChI=1S/C7H18N2O3S/c1-6(2)4-8-13(11,12)9-5-7(3)10/h6-10H,4-5H2,1-3H3/t7-/m1/s1. The largest absolute Gasteiger partial charge is 0.392 e. The van der Waals surface area contributed by atoms with Crippen molar-refractivity contribution in [3.63, 3.8) is 0 Å². The van der Waals surface area contributed by atoms with Crippen LogP contribution in [-0.2, 0) is 10.2 Å². The average Bonchev–Trinajstić information content (AvgIpc) is 1.98. The highest BCUT2D eigenvalue weighted by Crippen LogP contribution is 1.89. The molecule has 0 aliphatic heterocycles. The zero-order valence-corrected chi connectivity index (χ0v) is 9.06. The van der Waals surface area contributed by atoms with Gasteiger partial charge in [0.15, 0.2) is 0 Å². The normalized spacial score (nSPS) is 14.8. The molecule has 0 aromatic heterocycles. The Morgan fingerprint density at radius 1 is 1.15 bits per heavy atom. The first-order valence-corrected chi connectivity index (χ1v) is 5.74. The van der Waals surface area contributed by atoms with Gasteiger partial charge in [0, 0.05) is 13.1 Å². The van der Waals surface area contributed by atoms with Crippen LogP contribution in [0.25, 0.3) is 0 Å². The molecule has 0 unspecified atom stereocenters. The van der Waals surface area contributed by atoms with Crippen LogP contribution in [-0.4, -0.2) is 32.7 Å². The minimum Gasteiger partial charge on any atom is -0.392 e. The smallest absolute Gasteiger partial charge is 0.277 e. The predicted octanol–water partition coefficient (Wildman–Crippen LogP) is -0.553. The Hall–Kier alpha value is -0.170. The molecule has 0 saturated carbocycles. The fourth-order valence-electron chi connectivity index (χ4n) is 0.558. The third kappa shape index (κ3) is 8.17. The summed E-state index contributed by atoms with van der Waals surface area (Å²) in [7, 11) is -3.43. The lowest BCUT2D eigenvalue weighted by Crippen LogP contribution is -2.41. The SMILES string of the molecule is CC(C)CNS(=O)(=O)NC[C@@H](C)O. The lowest BCUT2D eigenvalue weighted by molar-refractivity contribution is 0.198. The number of hydrogen-bond donors (Lipinski definition) is 3. The zero-order chi connectivity index (χ0) is 10.5. The molecule has 0 bridgehead atoms. The third-order valence-corrected chi connectivity index (χ3v) is 2.34. The molecule has 5 nitrogen and oxygen atoms in total. The molecule has 6 heteroatoms. The predicted molar refractivity (Wildman–Crippen MR) is 51.4 cm³/mol. The second kappa shape index (κ2) is 5.54. The first-order valence-electron chi connectivity index (χ1n) is 4.26. The van der Waals surface area contributed by atoms with E-state index < -0.39 is 16.3 Å². The Morgan fingerprint density at radius 3 is 2.00 bits per heavy atom. The van der Waals surface area contributed by atoms with E-state index in [1.807, 2.05) is 13.8 Å². The number of aliphatic hydroxyl groups is 1. The van der Waals surface area contributed by atoms with E-state index in [1.165, 1.54) is 6.92 Å².